The number of amides is 1. The smallest absolute Gasteiger partial charge is 0.247 e. The number of piperidine rings is 1. The van der Waals surface area contributed by atoms with Gasteiger partial charge in [0.25, 0.3) is 0 Å². The van der Waals surface area contributed by atoms with Gasteiger partial charge >= 0.3 is 0 Å². The summed E-state index contributed by atoms with van der Waals surface area (Å²) >= 11 is 0. The van der Waals surface area contributed by atoms with Crippen LogP contribution < -0.4 is 10.2 Å². The van der Waals surface area contributed by atoms with Gasteiger partial charge in [-0.15, -0.1) is 0 Å². The normalized spacial score (nSPS) is 21.4. The summed E-state index contributed by atoms with van der Waals surface area (Å²) in [4.78, 5) is 16.8. The van der Waals surface area contributed by atoms with Gasteiger partial charge in [-0.25, -0.2) is 0 Å². The lowest BCUT2D eigenvalue weighted by atomic mass is 9.97. The van der Waals surface area contributed by atoms with Gasteiger partial charge in [-0.05, 0) is 50.6 Å². The first-order chi connectivity index (χ1) is 9.69. The number of anilines is 2. The lowest BCUT2D eigenvalue weighted by Crippen LogP contribution is -2.50. The molecule has 1 aromatic carbocycles. The van der Waals surface area contributed by atoms with E-state index in [-0.39, 0.29) is 11.9 Å². The quantitative estimate of drug-likeness (QED) is 0.919. The molecule has 20 heavy (non-hydrogen) atoms. The molecule has 1 amide bonds. The summed E-state index contributed by atoms with van der Waals surface area (Å²) in [6, 6.07) is 6.53. The Hall–Kier alpha value is -1.55. The van der Waals surface area contributed by atoms with Crippen molar-refractivity contribution in [3.05, 3.63) is 23.8 Å². The molecule has 4 nitrogen and oxygen atoms in total. The molecular formula is C16H23N3O. The van der Waals surface area contributed by atoms with Crippen LogP contribution in [0.1, 0.15) is 31.7 Å². The summed E-state index contributed by atoms with van der Waals surface area (Å²) < 4.78 is 0. The summed E-state index contributed by atoms with van der Waals surface area (Å²) in [6.07, 6.45) is 3.32. The van der Waals surface area contributed by atoms with E-state index in [0.29, 0.717) is 0 Å². The van der Waals surface area contributed by atoms with Crippen molar-refractivity contribution in [2.45, 2.75) is 38.8 Å². The maximum absolute atomic E-state index is 12.2. The number of carbonyl (C=O) groups excluding carboxylic acids is 1. The number of rotatable bonds is 3. The van der Waals surface area contributed by atoms with E-state index in [1.165, 1.54) is 17.7 Å². The van der Waals surface area contributed by atoms with E-state index in [4.69, 9.17) is 0 Å². The first kappa shape index (κ1) is 13.4. The van der Waals surface area contributed by atoms with E-state index in [2.05, 4.69) is 47.3 Å². The molecule has 0 aliphatic carbocycles. The zero-order valence-electron chi connectivity index (χ0n) is 12.4. The predicted molar refractivity (Wildman–Crippen MR) is 82.1 cm³/mol. The number of carbonyl (C=O) groups is 1. The molecule has 0 bridgehead atoms. The molecular weight excluding hydrogens is 250 g/mol. The Morgan fingerprint density at radius 3 is 3.05 bits per heavy atom. The van der Waals surface area contributed by atoms with Gasteiger partial charge in [-0.1, -0.05) is 13.0 Å². The molecule has 2 heterocycles. The minimum atomic E-state index is 0.0421. The zero-order valence-corrected chi connectivity index (χ0v) is 12.4. The molecule has 1 N–H and O–H groups in total. The molecule has 1 saturated heterocycles. The summed E-state index contributed by atoms with van der Waals surface area (Å²) in [5.74, 6) is 0.165. The molecule has 108 valence electrons. The first-order valence-corrected chi connectivity index (χ1v) is 7.58. The second-order valence-electron chi connectivity index (χ2n) is 5.88. The van der Waals surface area contributed by atoms with Gasteiger partial charge in [0, 0.05) is 13.1 Å². The van der Waals surface area contributed by atoms with E-state index in [0.717, 1.165) is 38.2 Å². The highest BCUT2D eigenvalue weighted by Crippen LogP contribution is 2.36. The molecule has 4 heteroatoms. The molecule has 1 aromatic rings. The summed E-state index contributed by atoms with van der Waals surface area (Å²) in [5, 5.41) is 3.09. The van der Waals surface area contributed by atoms with Gasteiger partial charge in [0.05, 0.1) is 11.4 Å². The van der Waals surface area contributed by atoms with Crippen LogP contribution in [-0.4, -0.2) is 37.0 Å². The highest BCUT2D eigenvalue weighted by Gasteiger charge is 2.34. The van der Waals surface area contributed by atoms with Gasteiger partial charge in [-0.2, -0.15) is 0 Å². The molecule has 0 aromatic heterocycles. The Morgan fingerprint density at radius 2 is 2.25 bits per heavy atom. The number of nitrogens with zero attached hydrogens (tertiary/aromatic N) is 2. The third kappa shape index (κ3) is 2.40. The Kier molecular flexibility index (Phi) is 3.66. The van der Waals surface area contributed by atoms with E-state index in [1.807, 2.05) is 0 Å². The van der Waals surface area contributed by atoms with Gasteiger partial charge < -0.3 is 15.1 Å². The molecule has 2 aliphatic rings. The predicted octanol–water partition coefficient (Wildman–Crippen LogP) is 2.45. The number of benzene rings is 1. The van der Waals surface area contributed by atoms with Crippen molar-refractivity contribution in [3.63, 3.8) is 0 Å². The van der Waals surface area contributed by atoms with Gasteiger partial charge in [0.2, 0.25) is 5.91 Å². The molecule has 1 atom stereocenters. The van der Waals surface area contributed by atoms with Crippen molar-refractivity contribution in [2.24, 2.45) is 0 Å². The minimum absolute atomic E-state index is 0.0421. The number of nitrogens with one attached hydrogen (secondary N) is 1. The maximum Gasteiger partial charge on any atom is 0.247 e. The van der Waals surface area contributed by atoms with Crippen LogP contribution >= 0.6 is 0 Å². The fraction of sp³-hybridized carbons (Fsp3) is 0.562. The van der Waals surface area contributed by atoms with Gasteiger partial charge in [0.15, 0.2) is 0 Å². The van der Waals surface area contributed by atoms with Gasteiger partial charge in [0.1, 0.15) is 6.04 Å². The Morgan fingerprint density at radius 1 is 1.40 bits per heavy atom. The van der Waals surface area contributed by atoms with Crippen LogP contribution in [0.5, 0.6) is 0 Å². The lowest BCUT2D eigenvalue weighted by molar-refractivity contribution is -0.118. The highest BCUT2D eigenvalue weighted by molar-refractivity contribution is 6.03. The van der Waals surface area contributed by atoms with E-state index in [1.54, 1.807) is 0 Å². The summed E-state index contributed by atoms with van der Waals surface area (Å²) in [5.41, 5.74) is 3.43. The first-order valence-electron chi connectivity index (χ1n) is 7.58. The fourth-order valence-corrected chi connectivity index (χ4v) is 3.16. The maximum atomic E-state index is 12.2. The van der Waals surface area contributed by atoms with E-state index in [9.17, 15) is 4.79 Å². The zero-order chi connectivity index (χ0) is 14.1. The molecule has 1 fully saturated rings. The molecule has 0 saturated carbocycles. The van der Waals surface area contributed by atoms with Crippen molar-refractivity contribution in [3.8, 4) is 0 Å². The largest absolute Gasteiger partial charge is 0.358 e. The average Bonchev–Trinajstić information content (AvgIpc) is 2.47. The Labute approximate surface area is 120 Å². The van der Waals surface area contributed by atoms with Crippen LogP contribution in [0.4, 0.5) is 11.4 Å². The van der Waals surface area contributed by atoms with Crippen LogP contribution in [0.3, 0.4) is 0 Å². The van der Waals surface area contributed by atoms with Crippen LogP contribution in [-0.2, 0) is 11.3 Å². The van der Waals surface area contributed by atoms with Crippen molar-refractivity contribution in [1.29, 1.82) is 0 Å². The summed E-state index contributed by atoms with van der Waals surface area (Å²) in [6.45, 7) is 5.10. The van der Waals surface area contributed by atoms with Crippen LogP contribution in [0.15, 0.2) is 18.2 Å². The monoisotopic (exact) mass is 273 g/mol. The third-order valence-corrected chi connectivity index (χ3v) is 4.43. The number of fused-ring (bicyclic) bond motifs is 3. The standard InChI is InChI=1S/C16H23N3O/c1-3-18(2)11-12-7-8-14-13(10-12)17-16(20)15-6-4-5-9-19(14)15/h7-8,10,15H,3-6,9,11H2,1-2H3,(H,17,20). The van der Waals surface area contributed by atoms with Crippen LogP contribution in [0.2, 0.25) is 0 Å². The fourth-order valence-electron chi connectivity index (χ4n) is 3.16. The third-order valence-electron chi connectivity index (χ3n) is 4.43. The second-order valence-corrected chi connectivity index (χ2v) is 5.88. The highest BCUT2D eigenvalue weighted by atomic mass is 16.2. The van der Waals surface area contributed by atoms with Crippen molar-refractivity contribution < 1.29 is 4.79 Å². The molecule has 2 aliphatic heterocycles. The van der Waals surface area contributed by atoms with Crippen LogP contribution in [0.25, 0.3) is 0 Å². The van der Waals surface area contributed by atoms with Crippen molar-refractivity contribution in [2.75, 3.05) is 30.4 Å². The van der Waals surface area contributed by atoms with E-state index < -0.39 is 0 Å². The molecule has 1 unspecified atom stereocenters. The Bertz CT molecular complexity index is 514. The number of hydrogen-bond donors (Lipinski definition) is 1. The van der Waals surface area contributed by atoms with Crippen molar-refractivity contribution in [1.82, 2.24) is 4.90 Å². The lowest BCUT2D eigenvalue weighted by Gasteiger charge is -2.41. The SMILES string of the molecule is CCN(C)Cc1ccc2c(c1)NC(=O)C1CCCCN21. The second kappa shape index (κ2) is 5.44. The molecule has 3 rings (SSSR count). The minimum Gasteiger partial charge on any atom is -0.358 e. The number of hydrogen-bond acceptors (Lipinski definition) is 3. The Balaban J connectivity index is 1.88. The van der Waals surface area contributed by atoms with Crippen molar-refractivity contribution >= 4 is 17.3 Å². The summed E-state index contributed by atoms with van der Waals surface area (Å²) in [7, 11) is 2.11. The van der Waals surface area contributed by atoms with Crippen LogP contribution in [0, 0.1) is 0 Å². The van der Waals surface area contributed by atoms with E-state index >= 15 is 0 Å². The average molecular weight is 273 g/mol. The topological polar surface area (TPSA) is 35.6 Å². The molecule has 0 spiro atoms. The molecule has 0 radical (unpaired) electrons. The van der Waals surface area contributed by atoms with Gasteiger partial charge in [-0.3, -0.25) is 4.79 Å².